The van der Waals surface area contributed by atoms with Gasteiger partial charge in [0, 0.05) is 18.1 Å². The molecule has 0 nitrogen and oxygen atoms in total. The van der Waals surface area contributed by atoms with Crippen LogP contribution in [0.1, 0.15) is 13.3 Å². The van der Waals surface area contributed by atoms with Crippen LogP contribution in [0.2, 0.25) is 0 Å². The zero-order valence-electron chi connectivity index (χ0n) is 8.08. The predicted molar refractivity (Wildman–Crippen MR) is 65.5 cm³/mol. The van der Waals surface area contributed by atoms with Gasteiger partial charge in [-0.05, 0) is 19.4 Å². The van der Waals surface area contributed by atoms with Gasteiger partial charge in [0.05, 0.1) is 5.25 Å². The predicted octanol–water partition coefficient (Wildman–Crippen LogP) is 2.57. The summed E-state index contributed by atoms with van der Waals surface area (Å²) in [6.45, 7) is 2.36. The van der Waals surface area contributed by atoms with Crippen molar-refractivity contribution in [2.45, 2.75) is 23.8 Å². The van der Waals surface area contributed by atoms with Crippen LogP contribution in [0.3, 0.4) is 0 Å². The molecule has 0 aromatic carbocycles. The van der Waals surface area contributed by atoms with Gasteiger partial charge in [-0.2, -0.15) is 23.5 Å². The molecule has 0 saturated carbocycles. The smallest absolute Gasteiger partial charge is 0.165 e. The maximum absolute atomic E-state index is 2.36. The Hall–Kier alpha value is 1.05. The van der Waals surface area contributed by atoms with Gasteiger partial charge in [0.2, 0.25) is 11.8 Å². The Bertz CT molecular complexity index is 127. The van der Waals surface area contributed by atoms with Gasteiger partial charge in [0.1, 0.15) is 0 Å². The van der Waals surface area contributed by atoms with E-state index in [9.17, 15) is 0 Å². The molecular weight excluding hydrogens is 204 g/mol. The van der Waals surface area contributed by atoms with Gasteiger partial charge < -0.3 is 0 Å². The maximum Gasteiger partial charge on any atom is 0.201 e. The maximum atomic E-state index is 2.36. The first-order valence-electron chi connectivity index (χ1n) is 4.41. The van der Waals surface area contributed by atoms with E-state index in [0.29, 0.717) is 0 Å². The zero-order chi connectivity index (χ0) is 8.97. The lowest BCUT2D eigenvalue weighted by atomic mass is 10.1. The molecule has 0 spiro atoms. The minimum atomic E-state index is 0.849. The number of hydrogen-bond donors (Lipinski definition) is 0. The van der Waals surface area contributed by atoms with Crippen LogP contribution in [0.4, 0.5) is 0 Å². The van der Waals surface area contributed by atoms with Crippen LogP contribution in [0.5, 0.6) is 0 Å². The monoisotopic (exact) mass is 222 g/mol. The first kappa shape index (κ1) is 11.1. The van der Waals surface area contributed by atoms with Crippen molar-refractivity contribution in [3.8, 4) is 0 Å². The first-order chi connectivity index (χ1) is 5.77. The van der Waals surface area contributed by atoms with E-state index in [1.807, 2.05) is 23.5 Å². The normalized spacial score (nSPS) is 32.2. The van der Waals surface area contributed by atoms with Gasteiger partial charge >= 0.3 is 0 Å². The van der Waals surface area contributed by atoms with E-state index in [-0.39, 0.29) is 0 Å². The number of hydrogen-bond acceptors (Lipinski definition) is 3. The molecule has 1 aliphatic rings. The van der Waals surface area contributed by atoms with Gasteiger partial charge in [0.25, 0.3) is 0 Å². The lowest BCUT2D eigenvalue weighted by Crippen LogP contribution is -2.17. The molecule has 3 unspecified atom stereocenters. The van der Waals surface area contributed by atoms with Crippen LogP contribution in [0.15, 0.2) is 0 Å². The molecule has 0 aromatic rings. The highest BCUT2D eigenvalue weighted by Gasteiger charge is 2.40. The summed E-state index contributed by atoms with van der Waals surface area (Å²) < 4.78 is 0. The Balaban J connectivity index is 2.25. The first-order valence-corrected chi connectivity index (χ1v) is 8.14. The molecule has 1 heterocycles. The summed E-state index contributed by atoms with van der Waals surface area (Å²) in [6.07, 6.45) is 5.90. The zero-order valence-corrected chi connectivity index (χ0v) is 10.5. The highest BCUT2D eigenvalue weighted by atomic mass is 32.2. The van der Waals surface area contributed by atoms with Gasteiger partial charge in [-0.3, -0.25) is 0 Å². The molecule has 0 amide bonds. The van der Waals surface area contributed by atoms with E-state index in [2.05, 4.69) is 31.2 Å². The van der Waals surface area contributed by atoms with Crippen molar-refractivity contribution in [2.24, 2.45) is 5.92 Å². The summed E-state index contributed by atoms with van der Waals surface area (Å²) in [7, 11) is 0. The van der Waals surface area contributed by atoms with Crippen molar-refractivity contribution in [3.63, 3.8) is 0 Å². The molecule has 1 saturated heterocycles. The fraction of sp³-hybridized carbons (Fsp3) is 1.00. The van der Waals surface area contributed by atoms with Crippen molar-refractivity contribution in [3.05, 3.63) is 0 Å². The van der Waals surface area contributed by atoms with E-state index < -0.39 is 0 Å². The highest BCUT2D eigenvalue weighted by molar-refractivity contribution is 8.00. The van der Waals surface area contributed by atoms with E-state index in [4.69, 9.17) is 0 Å². The molecule has 1 radical (unpaired) electrons. The van der Waals surface area contributed by atoms with Crippen molar-refractivity contribution < 1.29 is 0 Å². The topological polar surface area (TPSA) is 0 Å². The van der Waals surface area contributed by atoms with E-state index in [0.717, 1.165) is 16.4 Å². The molecular formula is C9H18S3+. The molecule has 0 aromatic heterocycles. The molecule has 1 rings (SSSR count). The quantitative estimate of drug-likeness (QED) is 0.671. The number of thioether (sulfide) groups is 3. The molecule has 1 fully saturated rings. The van der Waals surface area contributed by atoms with Gasteiger partial charge in [0.15, 0.2) is 11.0 Å². The van der Waals surface area contributed by atoms with Gasteiger partial charge in [-0.1, -0.05) is 0 Å². The average molecular weight is 222 g/mol. The lowest BCUT2D eigenvalue weighted by molar-refractivity contribution is 0.615. The Labute approximate surface area is 89.0 Å². The summed E-state index contributed by atoms with van der Waals surface area (Å²) in [5.74, 6) is 3.76. The third-order valence-electron chi connectivity index (χ3n) is 2.41. The third kappa shape index (κ3) is 3.08. The fourth-order valence-corrected chi connectivity index (χ4v) is 4.87. The second kappa shape index (κ2) is 5.71. The minimum absolute atomic E-state index is 0.849. The Morgan fingerprint density at radius 2 is 2.25 bits per heavy atom. The van der Waals surface area contributed by atoms with Crippen LogP contribution in [-0.2, 0) is 11.8 Å². The van der Waals surface area contributed by atoms with Crippen LogP contribution in [0, 0.1) is 5.92 Å². The Kier molecular flexibility index (Phi) is 5.30. The molecule has 1 aliphatic heterocycles. The van der Waals surface area contributed by atoms with E-state index in [1.165, 1.54) is 17.9 Å². The van der Waals surface area contributed by atoms with E-state index >= 15 is 0 Å². The van der Waals surface area contributed by atoms with Crippen molar-refractivity contribution in [1.29, 1.82) is 0 Å². The van der Waals surface area contributed by atoms with Gasteiger partial charge in [-0.25, -0.2) is 0 Å². The van der Waals surface area contributed by atoms with Crippen molar-refractivity contribution in [2.75, 3.05) is 24.0 Å². The van der Waals surface area contributed by atoms with Crippen molar-refractivity contribution >= 4 is 35.3 Å². The number of rotatable bonds is 4. The summed E-state index contributed by atoms with van der Waals surface area (Å²) >= 11 is 6.20. The van der Waals surface area contributed by atoms with Crippen LogP contribution >= 0.6 is 23.5 Å². The highest BCUT2D eigenvalue weighted by Crippen LogP contribution is 2.29. The molecule has 71 valence electrons. The fourth-order valence-electron chi connectivity index (χ4n) is 1.56. The largest absolute Gasteiger partial charge is 0.201 e. The second-order valence-electron chi connectivity index (χ2n) is 3.37. The van der Waals surface area contributed by atoms with E-state index in [1.54, 1.807) is 0 Å². The summed E-state index contributed by atoms with van der Waals surface area (Å²) in [5.41, 5.74) is 0. The average Bonchev–Trinajstić information content (AvgIpc) is 2.52. The SMILES string of the molecule is CSCC1C[S+]C(C(C)SC)C1. The Morgan fingerprint density at radius 3 is 2.83 bits per heavy atom. The molecule has 12 heavy (non-hydrogen) atoms. The Morgan fingerprint density at radius 1 is 1.50 bits per heavy atom. The van der Waals surface area contributed by atoms with Crippen molar-refractivity contribution in [1.82, 2.24) is 0 Å². The van der Waals surface area contributed by atoms with Crippen LogP contribution in [0.25, 0.3) is 0 Å². The second-order valence-corrected chi connectivity index (χ2v) is 6.77. The molecule has 0 N–H and O–H groups in total. The molecule has 0 aliphatic carbocycles. The molecule has 3 heteroatoms. The standard InChI is InChI=1S/C9H18S3/c1-7(11-3)9-4-8(5-10-2)6-12-9/h7-9H,4-6H2,1-3H3/q+1. The minimum Gasteiger partial charge on any atom is -0.165 e. The van der Waals surface area contributed by atoms with Crippen LogP contribution < -0.4 is 0 Å². The summed E-state index contributed by atoms with van der Waals surface area (Å²) in [5, 5.41) is 1.78. The summed E-state index contributed by atoms with van der Waals surface area (Å²) in [4.78, 5) is 0. The van der Waals surface area contributed by atoms with Gasteiger partial charge in [-0.15, -0.1) is 0 Å². The molecule has 3 atom stereocenters. The van der Waals surface area contributed by atoms with Crippen LogP contribution in [-0.4, -0.2) is 34.5 Å². The molecule has 0 bridgehead atoms. The lowest BCUT2D eigenvalue weighted by Gasteiger charge is -2.08. The summed E-state index contributed by atoms with van der Waals surface area (Å²) in [6, 6.07) is 0. The third-order valence-corrected chi connectivity index (χ3v) is 6.15.